The summed E-state index contributed by atoms with van der Waals surface area (Å²) in [6, 6.07) is 0. The van der Waals surface area contributed by atoms with Crippen LogP contribution in [0.1, 0.15) is 31.2 Å². The summed E-state index contributed by atoms with van der Waals surface area (Å²) in [5.41, 5.74) is 0. The lowest BCUT2D eigenvalue weighted by Gasteiger charge is -2.24. The normalized spacial score (nSPS) is 27.9. The molecule has 0 amide bonds. The largest absolute Gasteiger partial charge is 0.299 e. The van der Waals surface area contributed by atoms with Crippen molar-refractivity contribution in [1.29, 1.82) is 0 Å². The van der Waals surface area contributed by atoms with Crippen molar-refractivity contribution < 1.29 is 4.79 Å². The molecule has 0 spiro atoms. The zero-order chi connectivity index (χ0) is 9.97. The van der Waals surface area contributed by atoms with Crippen LogP contribution in [0.25, 0.3) is 0 Å². The van der Waals surface area contributed by atoms with Gasteiger partial charge in [-0.05, 0) is 18.8 Å². The van der Waals surface area contributed by atoms with Crippen molar-refractivity contribution in [2.75, 3.05) is 0 Å². The van der Waals surface area contributed by atoms with E-state index in [0.717, 1.165) is 30.7 Å². The second-order valence-corrected chi connectivity index (χ2v) is 5.15. The predicted molar refractivity (Wildman–Crippen MR) is 57.3 cm³/mol. The average Bonchev–Trinajstić information content (AvgIpc) is 2.64. The van der Waals surface area contributed by atoms with Gasteiger partial charge in [0.05, 0.1) is 5.01 Å². The molecule has 0 aromatic carbocycles. The summed E-state index contributed by atoms with van der Waals surface area (Å²) in [5.74, 6) is 1.39. The number of rotatable bonds is 2. The first kappa shape index (κ1) is 9.84. The van der Waals surface area contributed by atoms with Gasteiger partial charge in [-0.15, -0.1) is 11.3 Å². The van der Waals surface area contributed by atoms with E-state index in [0.29, 0.717) is 11.7 Å². The number of hydrogen-bond donors (Lipinski definition) is 0. The number of thiazole rings is 1. The summed E-state index contributed by atoms with van der Waals surface area (Å²) >= 11 is 1.66. The van der Waals surface area contributed by atoms with E-state index in [1.165, 1.54) is 0 Å². The molecule has 2 unspecified atom stereocenters. The standard InChI is InChI=1S/C11H15NOS/c1-8-2-3-10(13)9(6-8)7-11-12-4-5-14-11/h4-5,8-9H,2-3,6-7H2,1H3. The molecular weight excluding hydrogens is 194 g/mol. The van der Waals surface area contributed by atoms with Gasteiger partial charge in [-0.2, -0.15) is 0 Å². The molecule has 0 bridgehead atoms. The molecule has 2 atom stereocenters. The van der Waals surface area contributed by atoms with Gasteiger partial charge in [-0.3, -0.25) is 4.79 Å². The number of hydrogen-bond acceptors (Lipinski definition) is 3. The van der Waals surface area contributed by atoms with Crippen molar-refractivity contribution in [1.82, 2.24) is 4.98 Å². The maximum Gasteiger partial charge on any atom is 0.136 e. The van der Waals surface area contributed by atoms with E-state index in [1.807, 2.05) is 11.6 Å². The third-order valence-corrected chi connectivity index (χ3v) is 3.73. The van der Waals surface area contributed by atoms with E-state index in [-0.39, 0.29) is 5.92 Å². The van der Waals surface area contributed by atoms with Crippen LogP contribution in [0.2, 0.25) is 0 Å². The summed E-state index contributed by atoms with van der Waals surface area (Å²) in [4.78, 5) is 15.9. The summed E-state index contributed by atoms with van der Waals surface area (Å²) < 4.78 is 0. The van der Waals surface area contributed by atoms with Crippen LogP contribution in [0.3, 0.4) is 0 Å². The van der Waals surface area contributed by atoms with Gasteiger partial charge in [0.2, 0.25) is 0 Å². The molecule has 1 aromatic rings. The van der Waals surface area contributed by atoms with Crippen molar-refractivity contribution in [2.24, 2.45) is 11.8 Å². The molecule has 1 saturated carbocycles. The van der Waals surface area contributed by atoms with Gasteiger partial charge >= 0.3 is 0 Å². The number of Topliss-reactive ketones (excluding diaryl/α,β-unsaturated/α-hetero) is 1. The topological polar surface area (TPSA) is 30.0 Å². The minimum Gasteiger partial charge on any atom is -0.299 e. The lowest BCUT2D eigenvalue weighted by molar-refractivity contribution is -0.125. The van der Waals surface area contributed by atoms with Gasteiger partial charge in [0.25, 0.3) is 0 Å². The van der Waals surface area contributed by atoms with E-state index in [2.05, 4.69) is 11.9 Å². The number of nitrogens with zero attached hydrogens (tertiary/aromatic N) is 1. The first-order valence-electron chi connectivity index (χ1n) is 5.17. The lowest BCUT2D eigenvalue weighted by Crippen LogP contribution is -2.25. The Morgan fingerprint density at radius 2 is 2.50 bits per heavy atom. The Labute approximate surface area is 88.4 Å². The first-order chi connectivity index (χ1) is 6.75. The van der Waals surface area contributed by atoms with Crippen LogP contribution >= 0.6 is 11.3 Å². The third kappa shape index (κ3) is 2.21. The molecule has 2 rings (SSSR count). The van der Waals surface area contributed by atoms with Crippen molar-refractivity contribution >= 4 is 17.1 Å². The van der Waals surface area contributed by atoms with Crippen molar-refractivity contribution in [2.45, 2.75) is 32.6 Å². The van der Waals surface area contributed by atoms with Crippen LogP contribution in [0, 0.1) is 11.8 Å². The summed E-state index contributed by atoms with van der Waals surface area (Å²) in [7, 11) is 0. The molecule has 1 aromatic heterocycles. The molecule has 3 heteroatoms. The molecule has 0 radical (unpaired) electrons. The van der Waals surface area contributed by atoms with Gasteiger partial charge in [0.15, 0.2) is 0 Å². The number of carbonyl (C=O) groups excluding carboxylic acids is 1. The molecule has 0 aliphatic heterocycles. The highest BCUT2D eigenvalue weighted by Gasteiger charge is 2.26. The molecule has 14 heavy (non-hydrogen) atoms. The second kappa shape index (κ2) is 4.22. The van der Waals surface area contributed by atoms with Gasteiger partial charge in [-0.1, -0.05) is 6.92 Å². The Morgan fingerprint density at radius 1 is 1.64 bits per heavy atom. The Morgan fingerprint density at radius 3 is 3.21 bits per heavy atom. The predicted octanol–water partition coefficient (Wildman–Crippen LogP) is 2.69. The van der Waals surface area contributed by atoms with E-state index >= 15 is 0 Å². The highest BCUT2D eigenvalue weighted by atomic mass is 32.1. The molecule has 76 valence electrons. The van der Waals surface area contributed by atoms with Crippen LogP contribution in [-0.4, -0.2) is 10.8 Å². The minimum atomic E-state index is 0.241. The van der Waals surface area contributed by atoms with Crippen LogP contribution in [-0.2, 0) is 11.2 Å². The first-order valence-corrected chi connectivity index (χ1v) is 6.04. The quantitative estimate of drug-likeness (QED) is 0.749. The highest BCUT2D eigenvalue weighted by Crippen LogP contribution is 2.28. The van der Waals surface area contributed by atoms with Gasteiger partial charge in [0.1, 0.15) is 5.78 Å². The summed E-state index contributed by atoms with van der Waals surface area (Å²) in [6.45, 7) is 2.24. The van der Waals surface area contributed by atoms with Crippen LogP contribution in [0.4, 0.5) is 0 Å². The maximum absolute atomic E-state index is 11.6. The fourth-order valence-corrected chi connectivity index (χ4v) is 2.79. The van der Waals surface area contributed by atoms with Gasteiger partial charge < -0.3 is 0 Å². The van der Waals surface area contributed by atoms with Crippen molar-refractivity contribution in [3.8, 4) is 0 Å². The Balaban J connectivity index is 1.99. The minimum absolute atomic E-state index is 0.241. The molecule has 1 aliphatic rings. The zero-order valence-electron chi connectivity index (χ0n) is 8.40. The van der Waals surface area contributed by atoms with E-state index in [1.54, 1.807) is 11.3 Å². The highest BCUT2D eigenvalue weighted by molar-refractivity contribution is 7.09. The van der Waals surface area contributed by atoms with E-state index < -0.39 is 0 Å². The molecule has 0 saturated heterocycles. The van der Waals surface area contributed by atoms with Gasteiger partial charge in [-0.25, -0.2) is 4.98 Å². The van der Waals surface area contributed by atoms with Crippen LogP contribution in [0.5, 0.6) is 0 Å². The number of carbonyl (C=O) groups is 1. The molecular formula is C11H15NOS. The molecule has 1 aliphatic carbocycles. The van der Waals surface area contributed by atoms with E-state index in [4.69, 9.17) is 0 Å². The Kier molecular flexibility index (Phi) is 2.96. The Bertz CT molecular complexity index is 307. The average molecular weight is 209 g/mol. The monoisotopic (exact) mass is 209 g/mol. The van der Waals surface area contributed by atoms with Crippen molar-refractivity contribution in [3.05, 3.63) is 16.6 Å². The third-order valence-electron chi connectivity index (χ3n) is 2.93. The zero-order valence-corrected chi connectivity index (χ0v) is 9.22. The smallest absolute Gasteiger partial charge is 0.136 e. The number of ketones is 1. The molecule has 2 nitrogen and oxygen atoms in total. The Hall–Kier alpha value is -0.700. The summed E-state index contributed by atoms with van der Waals surface area (Å²) in [6.07, 6.45) is 5.58. The molecule has 1 fully saturated rings. The fraction of sp³-hybridized carbons (Fsp3) is 0.636. The van der Waals surface area contributed by atoms with Crippen LogP contribution in [0.15, 0.2) is 11.6 Å². The summed E-state index contributed by atoms with van der Waals surface area (Å²) in [5, 5.41) is 3.09. The molecule has 0 N–H and O–H groups in total. The molecule has 1 heterocycles. The second-order valence-electron chi connectivity index (χ2n) is 4.17. The lowest BCUT2D eigenvalue weighted by atomic mass is 9.80. The fourth-order valence-electron chi connectivity index (χ4n) is 2.09. The number of aromatic nitrogens is 1. The van der Waals surface area contributed by atoms with Crippen LogP contribution < -0.4 is 0 Å². The van der Waals surface area contributed by atoms with E-state index in [9.17, 15) is 4.79 Å². The van der Waals surface area contributed by atoms with Crippen molar-refractivity contribution in [3.63, 3.8) is 0 Å². The van der Waals surface area contributed by atoms with Gasteiger partial charge in [0, 0.05) is 30.3 Å². The maximum atomic E-state index is 11.6. The SMILES string of the molecule is CC1CCC(=O)C(Cc2nccs2)C1.